The van der Waals surface area contributed by atoms with E-state index in [0.29, 0.717) is 13.0 Å². The van der Waals surface area contributed by atoms with Gasteiger partial charge in [-0.25, -0.2) is 9.37 Å². The summed E-state index contributed by atoms with van der Waals surface area (Å²) >= 11 is 0. The van der Waals surface area contributed by atoms with Crippen LogP contribution >= 0.6 is 0 Å². The van der Waals surface area contributed by atoms with Crippen LogP contribution < -0.4 is 5.32 Å². The second-order valence-corrected chi connectivity index (χ2v) is 6.07. The topological polar surface area (TPSA) is 46.9 Å². The first-order valence-electron chi connectivity index (χ1n) is 8.62. The third-order valence-electron chi connectivity index (χ3n) is 4.13. The van der Waals surface area contributed by atoms with Crippen LogP contribution in [0.1, 0.15) is 24.7 Å². The lowest BCUT2D eigenvalue weighted by molar-refractivity contribution is -0.120. The average Bonchev–Trinajstić information content (AvgIpc) is 2.95. The molecule has 1 aromatic heterocycles. The van der Waals surface area contributed by atoms with E-state index in [1.165, 1.54) is 12.1 Å². The molecule has 2 aromatic carbocycles. The van der Waals surface area contributed by atoms with E-state index in [0.717, 1.165) is 35.4 Å². The molecule has 5 heteroatoms. The van der Waals surface area contributed by atoms with E-state index in [4.69, 9.17) is 4.98 Å². The fourth-order valence-corrected chi connectivity index (χ4v) is 2.95. The Kier molecular flexibility index (Phi) is 5.43. The number of fused-ring (bicyclic) bond motifs is 1. The van der Waals surface area contributed by atoms with Crippen molar-refractivity contribution in [3.8, 4) is 0 Å². The number of carbonyl (C=O) groups excluding carboxylic acids is 1. The largest absolute Gasteiger partial charge is 0.355 e. The molecule has 0 radical (unpaired) electrons. The average molecular weight is 339 g/mol. The van der Waals surface area contributed by atoms with E-state index >= 15 is 0 Å². The number of para-hydroxylation sites is 2. The van der Waals surface area contributed by atoms with Crippen molar-refractivity contribution < 1.29 is 9.18 Å². The molecule has 25 heavy (non-hydrogen) atoms. The van der Waals surface area contributed by atoms with Crippen LogP contribution in [-0.2, 0) is 24.2 Å². The summed E-state index contributed by atoms with van der Waals surface area (Å²) < 4.78 is 15.1. The van der Waals surface area contributed by atoms with Gasteiger partial charge in [-0.3, -0.25) is 4.79 Å². The first-order valence-corrected chi connectivity index (χ1v) is 8.62. The van der Waals surface area contributed by atoms with Crippen LogP contribution in [0.4, 0.5) is 4.39 Å². The van der Waals surface area contributed by atoms with Crippen molar-refractivity contribution in [3.05, 3.63) is 65.7 Å². The summed E-state index contributed by atoms with van der Waals surface area (Å²) in [5.41, 5.74) is 2.93. The first kappa shape index (κ1) is 17.1. The number of imidazole rings is 1. The van der Waals surface area contributed by atoms with Gasteiger partial charge in [0.05, 0.1) is 17.5 Å². The highest BCUT2D eigenvalue weighted by molar-refractivity contribution is 5.78. The molecule has 0 aliphatic heterocycles. The van der Waals surface area contributed by atoms with E-state index in [-0.39, 0.29) is 18.1 Å². The molecule has 1 N–H and O–H groups in total. The second kappa shape index (κ2) is 7.92. The van der Waals surface area contributed by atoms with Gasteiger partial charge in [0, 0.05) is 19.5 Å². The van der Waals surface area contributed by atoms with E-state index in [1.54, 1.807) is 12.1 Å². The molecular formula is C20H22FN3O. The highest BCUT2D eigenvalue weighted by Crippen LogP contribution is 2.16. The van der Waals surface area contributed by atoms with Gasteiger partial charge in [-0.05, 0) is 36.2 Å². The number of nitrogens with one attached hydrogen (secondary N) is 1. The second-order valence-electron chi connectivity index (χ2n) is 6.07. The zero-order chi connectivity index (χ0) is 17.6. The van der Waals surface area contributed by atoms with Gasteiger partial charge in [-0.1, -0.05) is 31.2 Å². The van der Waals surface area contributed by atoms with Gasteiger partial charge in [-0.2, -0.15) is 0 Å². The Morgan fingerprint density at radius 3 is 2.68 bits per heavy atom. The number of hydrogen-bond acceptors (Lipinski definition) is 2. The molecule has 0 fully saturated rings. The lowest BCUT2D eigenvalue weighted by Gasteiger charge is -2.09. The number of hydrogen-bond donors (Lipinski definition) is 1. The van der Waals surface area contributed by atoms with Gasteiger partial charge in [0.1, 0.15) is 11.6 Å². The van der Waals surface area contributed by atoms with Crippen LogP contribution in [0.25, 0.3) is 11.0 Å². The minimum absolute atomic E-state index is 0.0650. The Balaban J connectivity index is 1.59. The maximum Gasteiger partial charge on any atom is 0.224 e. The summed E-state index contributed by atoms with van der Waals surface area (Å²) in [7, 11) is 0. The maximum atomic E-state index is 12.9. The minimum Gasteiger partial charge on any atom is -0.355 e. The summed E-state index contributed by atoms with van der Waals surface area (Å²) in [6.07, 6.45) is 1.97. The molecule has 3 aromatic rings. The van der Waals surface area contributed by atoms with Crippen LogP contribution in [0.3, 0.4) is 0 Å². The minimum atomic E-state index is -0.293. The maximum absolute atomic E-state index is 12.9. The number of rotatable bonds is 7. The molecule has 130 valence electrons. The van der Waals surface area contributed by atoms with Crippen molar-refractivity contribution in [2.75, 3.05) is 6.54 Å². The van der Waals surface area contributed by atoms with Crippen molar-refractivity contribution in [2.45, 2.75) is 32.7 Å². The van der Waals surface area contributed by atoms with Crippen molar-refractivity contribution in [1.82, 2.24) is 14.9 Å². The summed E-state index contributed by atoms with van der Waals surface area (Å²) in [6, 6.07) is 14.1. The Hall–Kier alpha value is -2.69. The van der Waals surface area contributed by atoms with E-state index < -0.39 is 0 Å². The van der Waals surface area contributed by atoms with Crippen molar-refractivity contribution in [1.29, 1.82) is 0 Å². The molecule has 3 rings (SSSR count). The monoisotopic (exact) mass is 339 g/mol. The highest BCUT2D eigenvalue weighted by atomic mass is 19.1. The lowest BCUT2D eigenvalue weighted by Crippen LogP contribution is -2.28. The Bertz CT molecular complexity index is 855. The molecule has 4 nitrogen and oxygen atoms in total. The molecule has 0 spiro atoms. The molecule has 1 amide bonds. The number of aryl methyl sites for hydroxylation is 1. The predicted octanol–water partition coefficient (Wildman–Crippen LogP) is 3.49. The molecule has 0 saturated carbocycles. The van der Waals surface area contributed by atoms with Gasteiger partial charge < -0.3 is 9.88 Å². The molecule has 0 aliphatic rings. The van der Waals surface area contributed by atoms with Gasteiger partial charge in [0.25, 0.3) is 0 Å². The van der Waals surface area contributed by atoms with Gasteiger partial charge in [0.2, 0.25) is 5.91 Å². The number of halogens is 1. The molecule has 0 aliphatic carbocycles. The zero-order valence-corrected chi connectivity index (χ0v) is 14.3. The van der Waals surface area contributed by atoms with E-state index in [1.807, 2.05) is 18.2 Å². The molecule has 0 bridgehead atoms. The molecule has 0 atom stereocenters. The third-order valence-corrected chi connectivity index (χ3v) is 4.13. The predicted molar refractivity (Wildman–Crippen MR) is 96.8 cm³/mol. The highest BCUT2D eigenvalue weighted by Gasteiger charge is 2.10. The van der Waals surface area contributed by atoms with Crippen LogP contribution in [0.2, 0.25) is 0 Å². The normalized spacial score (nSPS) is 11.0. The SMILES string of the molecule is CCCn1c(CCNC(=O)Cc2ccc(F)cc2)nc2ccccc21. The number of carbonyl (C=O) groups is 1. The summed E-state index contributed by atoms with van der Waals surface area (Å²) in [5.74, 6) is 0.633. The third kappa shape index (κ3) is 4.24. The Morgan fingerprint density at radius 1 is 1.16 bits per heavy atom. The molecule has 0 unspecified atom stereocenters. The smallest absolute Gasteiger partial charge is 0.224 e. The fraction of sp³-hybridized carbons (Fsp3) is 0.300. The lowest BCUT2D eigenvalue weighted by atomic mass is 10.1. The molecule has 1 heterocycles. The van der Waals surface area contributed by atoms with E-state index in [2.05, 4.69) is 22.9 Å². The standard InChI is InChI=1S/C20H22FN3O/c1-2-13-24-18-6-4-3-5-17(18)23-19(24)11-12-22-20(25)14-15-7-9-16(21)10-8-15/h3-10H,2,11-14H2,1H3,(H,22,25). The van der Waals surface area contributed by atoms with Crippen molar-refractivity contribution >= 4 is 16.9 Å². The number of benzene rings is 2. The first-order chi connectivity index (χ1) is 12.2. The van der Waals surface area contributed by atoms with Crippen molar-refractivity contribution in [3.63, 3.8) is 0 Å². The van der Waals surface area contributed by atoms with Gasteiger partial charge >= 0.3 is 0 Å². The van der Waals surface area contributed by atoms with Crippen LogP contribution in [0, 0.1) is 5.82 Å². The number of amides is 1. The van der Waals surface area contributed by atoms with Gasteiger partial charge in [0.15, 0.2) is 0 Å². The van der Waals surface area contributed by atoms with Crippen LogP contribution in [0.15, 0.2) is 48.5 Å². The van der Waals surface area contributed by atoms with Gasteiger partial charge in [-0.15, -0.1) is 0 Å². The molecular weight excluding hydrogens is 317 g/mol. The fourth-order valence-electron chi connectivity index (χ4n) is 2.95. The van der Waals surface area contributed by atoms with E-state index in [9.17, 15) is 9.18 Å². The molecule has 0 saturated heterocycles. The zero-order valence-electron chi connectivity index (χ0n) is 14.3. The number of nitrogens with zero attached hydrogens (tertiary/aromatic N) is 2. The summed E-state index contributed by atoms with van der Waals surface area (Å²) in [5, 5.41) is 2.92. The summed E-state index contributed by atoms with van der Waals surface area (Å²) in [4.78, 5) is 16.7. The quantitative estimate of drug-likeness (QED) is 0.716. The van der Waals surface area contributed by atoms with Crippen molar-refractivity contribution in [2.24, 2.45) is 0 Å². The van der Waals surface area contributed by atoms with Crippen LogP contribution in [-0.4, -0.2) is 22.0 Å². The Morgan fingerprint density at radius 2 is 1.92 bits per heavy atom. The van der Waals surface area contributed by atoms with Crippen LogP contribution in [0.5, 0.6) is 0 Å². The number of aromatic nitrogens is 2. The Labute approximate surface area is 146 Å². The summed E-state index contributed by atoms with van der Waals surface area (Å²) in [6.45, 7) is 3.59.